The third-order valence-electron chi connectivity index (χ3n) is 2.05. The van der Waals surface area contributed by atoms with Crippen LogP contribution >= 0.6 is 11.8 Å². The Balaban J connectivity index is 2.34. The molecule has 0 saturated heterocycles. The lowest BCUT2D eigenvalue weighted by molar-refractivity contribution is -0.114. The Morgan fingerprint density at radius 2 is 2.20 bits per heavy atom. The standard InChI is InChI=1S/C9H10N4OS/c10-8(13-11)7-9(14)12-5-3-1-2-4-6(5)15-7/h1-4,7H,11H2,(H2,10,13)(H,12,14). The fourth-order valence-electron chi connectivity index (χ4n) is 1.31. The fourth-order valence-corrected chi connectivity index (χ4v) is 2.32. The van der Waals surface area contributed by atoms with Crippen LogP contribution in [0.4, 0.5) is 5.69 Å². The summed E-state index contributed by atoms with van der Waals surface area (Å²) in [5.41, 5.74) is 6.34. The topological polar surface area (TPSA) is 93.5 Å². The molecule has 1 atom stereocenters. The van der Waals surface area contributed by atoms with E-state index >= 15 is 0 Å². The number of rotatable bonds is 1. The normalized spacial score (nSPS) is 20.7. The Hall–Kier alpha value is -1.69. The lowest BCUT2D eigenvalue weighted by Gasteiger charge is -2.22. The van der Waals surface area contributed by atoms with E-state index in [4.69, 9.17) is 11.6 Å². The Labute approximate surface area is 90.9 Å². The molecule has 1 heterocycles. The minimum Gasteiger partial charge on any atom is -0.384 e. The van der Waals surface area contributed by atoms with Gasteiger partial charge in [0.25, 0.3) is 0 Å². The molecule has 78 valence electrons. The third-order valence-corrected chi connectivity index (χ3v) is 3.35. The molecule has 0 bridgehead atoms. The summed E-state index contributed by atoms with van der Waals surface area (Å²) >= 11 is 1.35. The molecule has 1 aliphatic rings. The minimum atomic E-state index is -0.537. The lowest BCUT2D eigenvalue weighted by Crippen LogP contribution is -2.40. The van der Waals surface area contributed by atoms with Crippen molar-refractivity contribution in [2.75, 3.05) is 5.32 Å². The van der Waals surface area contributed by atoms with Gasteiger partial charge in [0.15, 0.2) is 0 Å². The van der Waals surface area contributed by atoms with Gasteiger partial charge in [-0.2, -0.15) is 5.10 Å². The Kier molecular flexibility index (Phi) is 2.51. The number of fused-ring (bicyclic) bond motifs is 1. The Morgan fingerprint density at radius 3 is 2.93 bits per heavy atom. The number of thioether (sulfide) groups is 1. The van der Waals surface area contributed by atoms with Crippen LogP contribution in [0.1, 0.15) is 0 Å². The van der Waals surface area contributed by atoms with E-state index in [2.05, 4.69) is 10.4 Å². The second-order valence-electron chi connectivity index (χ2n) is 3.04. The van der Waals surface area contributed by atoms with E-state index in [1.165, 1.54) is 11.8 Å². The average Bonchev–Trinajstić information content (AvgIpc) is 2.27. The molecule has 0 aliphatic carbocycles. The number of hydrazone groups is 1. The fraction of sp³-hybridized carbons (Fsp3) is 0.111. The van der Waals surface area contributed by atoms with Gasteiger partial charge in [-0.3, -0.25) is 4.79 Å². The SMILES string of the molecule is NN=C(N)C1Sc2ccccc2NC1=O. The summed E-state index contributed by atoms with van der Waals surface area (Å²) in [6.45, 7) is 0. The van der Waals surface area contributed by atoms with Crippen molar-refractivity contribution in [1.29, 1.82) is 0 Å². The van der Waals surface area contributed by atoms with Gasteiger partial charge < -0.3 is 16.9 Å². The molecule has 5 nitrogen and oxygen atoms in total. The number of nitrogens with one attached hydrogen (secondary N) is 1. The second kappa shape index (κ2) is 3.82. The first kappa shape index (κ1) is 9.85. The number of carbonyl (C=O) groups excluding carboxylic acids is 1. The zero-order valence-electron chi connectivity index (χ0n) is 7.81. The van der Waals surface area contributed by atoms with Crippen LogP contribution in [0.2, 0.25) is 0 Å². The average molecular weight is 222 g/mol. The van der Waals surface area contributed by atoms with Gasteiger partial charge in [-0.1, -0.05) is 12.1 Å². The van der Waals surface area contributed by atoms with Gasteiger partial charge in [-0.05, 0) is 12.1 Å². The Morgan fingerprint density at radius 1 is 1.47 bits per heavy atom. The van der Waals surface area contributed by atoms with E-state index in [-0.39, 0.29) is 11.7 Å². The summed E-state index contributed by atoms with van der Waals surface area (Å²) in [6.07, 6.45) is 0. The van der Waals surface area contributed by atoms with Crippen LogP contribution < -0.4 is 16.9 Å². The van der Waals surface area contributed by atoms with Gasteiger partial charge in [0.05, 0.1) is 5.69 Å². The maximum Gasteiger partial charge on any atom is 0.245 e. The summed E-state index contributed by atoms with van der Waals surface area (Å²) in [7, 11) is 0. The number of nitrogens with zero attached hydrogens (tertiary/aromatic N) is 1. The molecule has 1 unspecified atom stereocenters. The molecule has 1 aromatic rings. The van der Waals surface area contributed by atoms with Crippen molar-refractivity contribution in [2.24, 2.45) is 16.7 Å². The maximum absolute atomic E-state index is 11.6. The highest BCUT2D eigenvalue weighted by Crippen LogP contribution is 2.35. The molecule has 0 saturated carbocycles. The van der Waals surface area contributed by atoms with Crippen molar-refractivity contribution in [3.8, 4) is 0 Å². The molecule has 2 rings (SSSR count). The molecular weight excluding hydrogens is 212 g/mol. The number of amides is 1. The molecule has 0 fully saturated rings. The van der Waals surface area contributed by atoms with Crippen LogP contribution in [0.5, 0.6) is 0 Å². The number of benzene rings is 1. The van der Waals surface area contributed by atoms with Crippen LogP contribution in [-0.2, 0) is 4.79 Å². The number of amidine groups is 1. The van der Waals surface area contributed by atoms with Crippen LogP contribution in [0.25, 0.3) is 0 Å². The van der Waals surface area contributed by atoms with Gasteiger partial charge in [-0.15, -0.1) is 11.8 Å². The highest BCUT2D eigenvalue weighted by Gasteiger charge is 2.29. The van der Waals surface area contributed by atoms with Crippen LogP contribution in [0.3, 0.4) is 0 Å². The summed E-state index contributed by atoms with van der Waals surface area (Å²) in [6, 6.07) is 7.51. The summed E-state index contributed by atoms with van der Waals surface area (Å²) in [5, 5.41) is 5.56. The summed E-state index contributed by atoms with van der Waals surface area (Å²) < 4.78 is 0. The van der Waals surface area contributed by atoms with Crippen molar-refractivity contribution >= 4 is 29.2 Å². The highest BCUT2D eigenvalue weighted by molar-refractivity contribution is 8.01. The van der Waals surface area contributed by atoms with Gasteiger partial charge in [-0.25, -0.2) is 0 Å². The van der Waals surface area contributed by atoms with E-state index < -0.39 is 5.25 Å². The quantitative estimate of drug-likeness (QED) is 0.276. The summed E-state index contributed by atoms with van der Waals surface area (Å²) in [5.74, 6) is 5.00. The van der Waals surface area contributed by atoms with E-state index in [9.17, 15) is 4.79 Å². The second-order valence-corrected chi connectivity index (χ2v) is 4.18. The van der Waals surface area contributed by atoms with E-state index in [1.807, 2.05) is 24.3 Å². The van der Waals surface area contributed by atoms with E-state index in [1.54, 1.807) is 0 Å². The van der Waals surface area contributed by atoms with Crippen molar-refractivity contribution in [1.82, 2.24) is 0 Å². The largest absolute Gasteiger partial charge is 0.384 e. The molecule has 0 radical (unpaired) electrons. The number of hydrogen-bond donors (Lipinski definition) is 3. The first-order valence-electron chi connectivity index (χ1n) is 4.32. The zero-order valence-corrected chi connectivity index (χ0v) is 8.62. The number of anilines is 1. The Bertz CT molecular complexity index is 432. The monoisotopic (exact) mass is 222 g/mol. The molecule has 15 heavy (non-hydrogen) atoms. The van der Waals surface area contributed by atoms with Gasteiger partial charge >= 0.3 is 0 Å². The number of carbonyl (C=O) groups is 1. The molecule has 0 aromatic heterocycles. The number of nitrogens with two attached hydrogens (primary N) is 2. The maximum atomic E-state index is 11.6. The molecular formula is C9H10N4OS. The predicted octanol–water partition coefficient (Wildman–Crippen LogP) is 0.330. The van der Waals surface area contributed by atoms with Crippen LogP contribution in [0, 0.1) is 0 Å². The van der Waals surface area contributed by atoms with Crippen molar-refractivity contribution in [3.63, 3.8) is 0 Å². The van der Waals surface area contributed by atoms with Gasteiger partial charge in [0.1, 0.15) is 11.1 Å². The first-order valence-corrected chi connectivity index (χ1v) is 5.20. The molecule has 6 heteroatoms. The van der Waals surface area contributed by atoms with Crippen LogP contribution in [-0.4, -0.2) is 17.0 Å². The first-order chi connectivity index (χ1) is 7.22. The van der Waals surface area contributed by atoms with Crippen molar-refractivity contribution < 1.29 is 4.79 Å². The molecule has 1 aromatic carbocycles. The number of hydrogen-bond acceptors (Lipinski definition) is 4. The van der Waals surface area contributed by atoms with E-state index in [0.717, 1.165) is 10.6 Å². The van der Waals surface area contributed by atoms with Crippen molar-refractivity contribution in [3.05, 3.63) is 24.3 Å². The minimum absolute atomic E-state index is 0.131. The number of para-hydroxylation sites is 1. The zero-order chi connectivity index (χ0) is 10.8. The lowest BCUT2D eigenvalue weighted by atomic mass is 10.3. The smallest absolute Gasteiger partial charge is 0.245 e. The predicted molar refractivity (Wildman–Crippen MR) is 60.5 cm³/mol. The molecule has 1 amide bonds. The van der Waals surface area contributed by atoms with Gasteiger partial charge in [0, 0.05) is 4.90 Å². The molecule has 0 spiro atoms. The molecule has 5 N–H and O–H groups in total. The van der Waals surface area contributed by atoms with Gasteiger partial charge in [0.2, 0.25) is 5.91 Å². The van der Waals surface area contributed by atoms with Crippen molar-refractivity contribution in [2.45, 2.75) is 10.1 Å². The van der Waals surface area contributed by atoms with Crippen LogP contribution in [0.15, 0.2) is 34.3 Å². The molecule has 1 aliphatic heterocycles. The van der Waals surface area contributed by atoms with E-state index in [0.29, 0.717) is 0 Å². The highest BCUT2D eigenvalue weighted by atomic mass is 32.2. The third kappa shape index (κ3) is 1.75. The summed E-state index contributed by atoms with van der Waals surface area (Å²) in [4.78, 5) is 12.6.